The molecule has 0 aromatic heterocycles. The summed E-state index contributed by atoms with van der Waals surface area (Å²) >= 11 is 0. The van der Waals surface area contributed by atoms with Crippen molar-refractivity contribution in [2.45, 2.75) is 33.6 Å². The second-order valence-corrected chi connectivity index (χ2v) is 6.09. The number of amides is 2. The van der Waals surface area contributed by atoms with Gasteiger partial charge in [-0.25, -0.2) is 0 Å². The van der Waals surface area contributed by atoms with E-state index in [9.17, 15) is 9.59 Å². The highest BCUT2D eigenvalue weighted by atomic mass is 16.5. The fraction of sp³-hybridized carbons (Fsp3) is 0.579. The molecule has 1 saturated heterocycles. The van der Waals surface area contributed by atoms with Crippen LogP contribution in [-0.2, 0) is 4.79 Å². The number of carbonyl (C=O) groups is 2. The van der Waals surface area contributed by atoms with Crippen molar-refractivity contribution in [3.05, 3.63) is 23.8 Å². The van der Waals surface area contributed by atoms with Crippen LogP contribution >= 0.6 is 0 Å². The molecule has 0 atom stereocenters. The van der Waals surface area contributed by atoms with Crippen LogP contribution in [0.5, 0.6) is 11.5 Å². The number of unbranched alkanes of at least 4 members (excludes halogenated alkanes) is 1. The molecule has 1 aromatic rings. The molecule has 0 aliphatic carbocycles. The van der Waals surface area contributed by atoms with Crippen molar-refractivity contribution >= 4 is 11.8 Å². The largest absolute Gasteiger partial charge is 0.490 e. The van der Waals surface area contributed by atoms with Gasteiger partial charge in [0, 0.05) is 38.7 Å². The summed E-state index contributed by atoms with van der Waals surface area (Å²) in [6.07, 6.45) is 2.04. The molecule has 1 heterocycles. The Kier molecular flexibility index (Phi) is 7.10. The summed E-state index contributed by atoms with van der Waals surface area (Å²) in [5.74, 6) is 1.30. The van der Waals surface area contributed by atoms with Crippen molar-refractivity contribution in [1.82, 2.24) is 9.80 Å². The summed E-state index contributed by atoms with van der Waals surface area (Å²) in [6.45, 7) is 8.99. The van der Waals surface area contributed by atoms with E-state index in [0.29, 0.717) is 56.5 Å². The fourth-order valence-corrected chi connectivity index (χ4v) is 2.76. The van der Waals surface area contributed by atoms with E-state index in [0.717, 1.165) is 12.8 Å². The third-order valence-electron chi connectivity index (χ3n) is 4.26. The van der Waals surface area contributed by atoms with Crippen molar-refractivity contribution in [2.24, 2.45) is 0 Å². The van der Waals surface area contributed by atoms with E-state index in [1.54, 1.807) is 34.9 Å². The van der Waals surface area contributed by atoms with E-state index < -0.39 is 0 Å². The molecule has 6 heteroatoms. The van der Waals surface area contributed by atoms with Gasteiger partial charge in [-0.15, -0.1) is 0 Å². The maximum Gasteiger partial charge on any atom is 0.254 e. The highest BCUT2D eigenvalue weighted by molar-refractivity contribution is 5.95. The Balaban J connectivity index is 2.06. The van der Waals surface area contributed by atoms with Crippen LogP contribution in [0.15, 0.2) is 18.2 Å². The van der Waals surface area contributed by atoms with Crippen molar-refractivity contribution in [3.63, 3.8) is 0 Å². The molecule has 0 saturated carbocycles. The summed E-state index contributed by atoms with van der Waals surface area (Å²) in [5.41, 5.74) is 0.586. The number of benzene rings is 1. The quantitative estimate of drug-likeness (QED) is 0.711. The Morgan fingerprint density at radius 2 is 1.68 bits per heavy atom. The molecular formula is C19H28N2O4. The summed E-state index contributed by atoms with van der Waals surface area (Å²) in [6, 6.07) is 5.34. The molecule has 1 aliphatic heterocycles. The summed E-state index contributed by atoms with van der Waals surface area (Å²) in [4.78, 5) is 27.7. The Hall–Kier alpha value is -2.24. The Bertz CT molecular complexity index is 595. The van der Waals surface area contributed by atoms with E-state index in [1.807, 2.05) is 6.92 Å². The number of nitrogens with zero attached hydrogens (tertiary/aromatic N) is 2. The average molecular weight is 348 g/mol. The topological polar surface area (TPSA) is 59.1 Å². The van der Waals surface area contributed by atoms with Crippen LogP contribution in [-0.4, -0.2) is 61.0 Å². The van der Waals surface area contributed by atoms with Crippen molar-refractivity contribution in [3.8, 4) is 11.5 Å². The van der Waals surface area contributed by atoms with Gasteiger partial charge in [0.15, 0.2) is 11.5 Å². The molecule has 0 spiro atoms. The number of piperazine rings is 1. The monoisotopic (exact) mass is 348 g/mol. The third-order valence-corrected chi connectivity index (χ3v) is 4.26. The molecule has 1 aromatic carbocycles. The van der Waals surface area contributed by atoms with Crippen molar-refractivity contribution < 1.29 is 19.1 Å². The van der Waals surface area contributed by atoms with Crippen LogP contribution in [0, 0.1) is 0 Å². The molecule has 0 bridgehead atoms. The second kappa shape index (κ2) is 9.30. The van der Waals surface area contributed by atoms with Crippen LogP contribution in [0.25, 0.3) is 0 Å². The van der Waals surface area contributed by atoms with Crippen molar-refractivity contribution in [2.75, 3.05) is 39.4 Å². The first-order chi connectivity index (χ1) is 12.1. The number of hydrogen-bond acceptors (Lipinski definition) is 4. The zero-order chi connectivity index (χ0) is 18.2. The van der Waals surface area contributed by atoms with E-state index in [-0.39, 0.29) is 11.8 Å². The van der Waals surface area contributed by atoms with Crippen LogP contribution in [0.2, 0.25) is 0 Å². The van der Waals surface area contributed by atoms with Gasteiger partial charge in [0.2, 0.25) is 5.91 Å². The van der Waals surface area contributed by atoms with Gasteiger partial charge in [-0.3, -0.25) is 9.59 Å². The molecular weight excluding hydrogens is 320 g/mol. The smallest absolute Gasteiger partial charge is 0.254 e. The maximum atomic E-state index is 12.7. The number of carbonyl (C=O) groups excluding carboxylic acids is 2. The fourth-order valence-electron chi connectivity index (χ4n) is 2.76. The zero-order valence-electron chi connectivity index (χ0n) is 15.4. The Labute approximate surface area is 149 Å². The minimum Gasteiger partial charge on any atom is -0.490 e. The normalized spacial score (nSPS) is 14.4. The van der Waals surface area contributed by atoms with Gasteiger partial charge in [-0.05, 0) is 31.5 Å². The summed E-state index contributed by atoms with van der Waals surface area (Å²) < 4.78 is 11.4. The first-order valence-corrected chi connectivity index (χ1v) is 9.01. The zero-order valence-corrected chi connectivity index (χ0v) is 15.4. The van der Waals surface area contributed by atoms with Gasteiger partial charge >= 0.3 is 0 Å². The standard InChI is InChI=1S/C19H28N2O4/c1-4-6-13-25-17-8-7-16(14-18(17)24-5-2)19(23)21-11-9-20(10-12-21)15(3)22/h7-8,14H,4-6,9-13H2,1-3H3. The van der Waals surface area contributed by atoms with E-state index >= 15 is 0 Å². The molecule has 0 radical (unpaired) electrons. The van der Waals surface area contributed by atoms with Crippen LogP contribution in [0.1, 0.15) is 44.0 Å². The molecule has 0 N–H and O–H groups in total. The summed E-state index contributed by atoms with van der Waals surface area (Å²) in [7, 11) is 0. The van der Waals surface area contributed by atoms with Crippen LogP contribution in [0.3, 0.4) is 0 Å². The maximum absolute atomic E-state index is 12.7. The van der Waals surface area contributed by atoms with E-state index in [1.165, 1.54) is 0 Å². The van der Waals surface area contributed by atoms with Gasteiger partial charge in [-0.2, -0.15) is 0 Å². The lowest BCUT2D eigenvalue weighted by Crippen LogP contribution is -2.50. The van der Waals surface area contributed by atoms with Crippen LogP contribution < -0.4 is 9.47 Å². The molecule has 138 valence electrons. The van der Waals surface area contributed by atoms with Gasteiger partial charge in [0.05, 0.1) is 13.2 Å². The lowest BCUT2D eigenvalue weighted by Gasteiger charge is -2.34. The lowest BCUT2D eigenvalue weighted by molar-refractivity contribution is -0.130. The Morgan fingerprint density at radius 3 is 2.28 bits per heavy atom. The molecule has 25 heavy (non-hydrogen) atoms. The predicted molar refractivity (Wildman–Crippen MR) is 96.2 cm³/mol. The molecule has 2 rings (SSSR count). The Morgan fingerprint density at radius 1 is 1.00 bits per heavy atom. The van der Waals surface area contributed by atoms with Crippen LogP contribution in [0.4, 0.5) is 0 Å². The van der Waals surface area contributed by atoms with E-state index in [4.69, 9.17) is 9.47 Å². The minimum absolute atomic E-state index is 0.0377. The lowest BCUT2D eigenvalue weighted by atomic mass is 10.1. The third kappa shape index (κ3) is 5.11. The highest BCUT2D eigenvalue weighted by Gasteiger charge is 2.24. The highest BCUT2D eigenvalue weighted by Crippen LogP contribution is 2.29. The number of ether oxygens (including phenoxy) is 2. The molecule has 0 unspecified atom stereocenters. The number of rotatable bonds is 7. The molecule has 6 nitrogen and oxygen atoms in total. The molecule has 1 aliphatic rings. The van der Waals surface area contributed by atoms with Gasteiger partial charge in [0.1, 0.15) is 0 Å². The first kappa shape index (κ1) is 19.1. The average Bonchev–Trinajstić information content (AvgIpc) is 2.62. The molecule has 1 fully saturated rings. The summed E-state index contributed by atoms with van der Waals surface area (Å²) in [5, 5.41) is 0. The molecule has 2 amide bonds. The van der Waals surface area contributed by atoms with Gasteiger partial charge in [0.25, 0.3) is 5.91 Å². The number of hydrogen-bond donors (Lipinski definition) is 0. The van der Waals surface area contributed by atoms with E-state index in [2.05, 4.69) is 6.92 Å². The van der Waals surface area contributed by atoms with Gasteiger partial charge in [-0.1, -0.05) is 13.3 Å². The first-order valence-electron chi connectivity index (χ1n) is 9.01. The van der Waals surface area contributed by atoms with Crippen molar-refractivity contribution in [1.29, 1.82) is 0 Å². The van der Waals surface area contributed by atoms with Gasteiger partial charge < -0.3 is 19.3 Å². The SMILES string of the molecule is CCCCOc1ccc(C(=O)N2CCN(C(C)=O)CC2)cc1OCC. The minimum atomic E-state index is -0.0377. The second-order valence-electron chi connectivity index (χ2n) is 6.09. The predicted octanol–water partition coefficient (Wildman–Crippen LogP) is 2.57.